The summed E-state index contributed by atoms with van der Waals surface area (Å²) >= 11 is 0. The zero-order chi connectivity index (χ0) is 17.3. The van der Waals surface area contributed by atoms with Crippen molar-refractivity contribution in [3.05, 3.63) is 88.0 Å². The van der Waals surface area contributed by atoms with Gasteiger partial charge < -0.3 is 10.8 Å². The third kappa shape index (κ3) is 2.77. The van der Waals surface area contributed by atoms with Crippen molar-refractivity contribution in [1.29, 1.82) is 0 Å². The number of phenols is 1. The lowest BCUT2D eigenvalue weighted by Crippen LogP contribution is -2.23. The van der Waals surface area contributed by atoms with Crippen molar-refractivity contribution in [2.24, 2.45) is 0 Å². The number of aromatic nitrogens is 1. The van der Waals surface area contributed by atoms with E-state index in [0.717, 1.165) is 0 Å². The second-order valence-corrected chi connectivity index (χ2v) is 5.16. The Morgan fingerprint density at radius 3 is 2.21 bits per heavy atom. The van der Waals surface area contributed by atoms with Crippen molar-refractivity contribution in [1.82, 2.24) is 4.57 Å². The fourth-order valence-electron chi connectivity index (χ4n) is 2.37. The summed E-state index contributed by atoms with van der Waals surface area (Å²) in [6.45, 7) is 0. The van der Waals surface area contributed by atoms with Gasteiger partial charge in [-0.25, -0.2) is 4.39 Å². The molecule has 3 aromatic rings. The van der Waals surface area contributed by atoms with Crippen LogP contribution in [-0.2, 0) is 0 Å². The molecule has 3 N–H and O–H groups in total. The number of benzene rings is 2. The molecule has 3 rings (SSSR count). The maximum absolute atomic E-state index is 13.0. The number of phenolic OH excluding ortho intramolecular Hbond substituents is 1. The number of anilines is 1. The average molecular weight is 324 g/mol. The Labute approximate surface area is 136 Å². The highest BCUT2D eigenvalue weighted by Crippen LogP contribution is 2.20. The predicted molar refractivity (Wildman–Crippen MR) is 87.9 cm³/mol. The topological polar surface area (TPSA) is 85.3 Å². The molecule has 0 aliphatic rings. The van der Waals surface area contributed by atoms with Crippen LogP contribution in [0.5, 0.6) is 5.75 Å². The third-order valence-corrected chi connectivity index (χ3v) is 3.59. The normalized spacial score (nSPS) is 10.5. The van der Waals surface area contributed by atoms with Crippen LogP contribution in [0, 0.1) is 5.82 Å². The Kier molecular flexibility index (Phi) is 3.87. The zero-order valence-electron chi connectivity index (χ0n) is 12.4. The number of halogens is 1. The fourth-order valence-corrected chi connectivity index (χ4v) is 2.37. The fraction of sp³-hybridized carbons (Fsp3) is 0. The molecule has 0 radical (unpaired) electrons. The van der Waals surface area contributed by atoms with E-state index in [4.69, 9.17) is 5.73 Å². The molecule has 0 saturated heterocycles. The minimum absolute atomic E-state index is 0.0254. The van der Waals surface area contributed by atoms with Gasteiger partial charge in [-0.1, -0.05) is 0 Å². The summed E-state index contributed by atoms with van der Waals surface area (Å²) in [7, 11) is 0. The summed E-state index contributed by atoms with van der Waals surface area (Å²) in [5.74, 6) is -0.847. The van der Waals surface area contributed by atoms with Crippen molar-refractivity contribution in [2.45, 2.75) is 0 Å². The lowest BCUT2D eigenvalue weighted by molar-refractivity contribution is 0.103. The van der Waals surface area contributed by atoms with Gasteiger partial charge in [0.2, 0.25) is 0 Å². The molecule has 0 unspecified atom stereocenters. The number of nitrogens with zero attached hydrogens (tertiary/aromatic N) is 1. The van der Waals surface area contributed by atoms with E-state index in [1.165, 1.54) is 65.2 Å². The van der Waals surface area contributed by atoms with E-state index >= 15 is 0 Å². The van der Waals surface area contributed by atoms with Crippen LogP contribution in [0.25, 0.3) is 5.69 Å². The second kappa shape index (κ2) is 6.00. The van der Waals surface area contributed by atoms with E-state index in [1.54, 1.807) is 0 Å². The first-order valence-corrected chi connectivity index (χ1v) is 7.08. The summed E-state index contributed by atoms with van der Waals surface area (Å²) in [4.78, 5) is 24.7. The molecule has 0 amide bonds. The molecule has 2 aromatic carbocycles. The number of hydrogen-bond acceptors (Lipinski definition) is 4. The summed E-state index contributed by atoms with van der Waals surface area (Å²) in [6, 6.07) is 13.5. The van der Waals surface area contributed by atoms with E-state index in [-0.39, 0.29) is 22.7 Å². The first-order valence-electron chi connectivity index (χ1n) is 7.08. The molecule has 0 aliphatic carbocycles. The molecule has 1 aromatic heterocycles. The molecule has 24 heavy (non-hydrogen) atoms. The number of aromatic hydroxyl groups is 1. The van der Waals surface area contributed by atoms with Gasteiger partial charge in [0, 0.05) is 11.6 Å². The molecule has 120 valence electrons. The van der Waals surface area contributed by atoms with Crippen LogP contribution in [0.1, 0.15) is 15.9 Å². The van der Waals surface area contributed by atoms with Gasteiger partial charge in [-0.2, -0.15) is 0 Å². The molecule has 0 spiro atoms. The van der Waals surface area contributed by atoms with E-state index in [0.29, 0.717) is 5.69 Å². The van der Waals surface area contributed by atoms with E-state index < -0.39 is 17.2 Å². The minimum Gasteiger partial charge on any atom is -0.508 e. The van der Waals surface area contributed by atoms with E-state index in [2.05, 4.69) is 0 Å². The third-order valence-electron chi connectivity index (χ3n) is 3.59. The lowest BCUT2D eigenvalue weighted by Gasteiger charge is -2.13. The SMILES string of the molecule is Nc1c(C(=O)c2ccc(F)cc2)ccc(=O)n1-c1ccc(O)cc1. The molecule has 0 bridgehead atoms. The van der Waals surface area contributed by atoms with Crippen molar-refractivity contribution in [2.75, 3.05) is 5.73 Å². The molecule has 1 heterocycles. The van der Waals surface area contributed by atoms with Gasteiger partial charge in [0.15, 0.2) is 5.78 Å². The van der Waals surface area contributed by atoms with Crippen molar-refractivity contribution in [3.8, 4) is 11.4 Å². The van der Waals surface area contributed by atoms with Crippen LogP contribution in [-0.4, -0.2) is 15.5 Å². The van der Waals surface area contributed by atoms with E-state index in [9.17, 15) is 19.1 Å². The quantitative estimate of drug-likeness (QED) is 0.725. The van der Waals surface area contributed by atoms with Gasteiger partial charge >= 0.3 is 0 Å². The molecule has 0 aliphatic heterocycles. The molecule has 6 heteroatoms. The summed E-state index contributed by atoms with van der Waals surface area (Å²) < 4.78 is 14.2. The highest BCUT2D eigenvalue weighted by Gasteiger charge is 2.17. The summed E-state index contributed by atoms with van der Waals surface area (Å²) in [5, 5.41) is 9.35. The number of rotatable bonds is 3. The molecule has 0 fully saturated rings. The van der Waals surface area contributed by atoms with Gasteiger partial charge in [-0.3, -0.25) is 14.2 Å². The van der Waals surface area contributed by atoms with Crippen LogP contribution in [0.4, 0.5) is 10.2 Å². The van der Waals surface area contributed by atoms with Crippen LogP contribution in [0.3, 0.4) is 0 Å². The van der Waals surface area contributed by atoms with Crippen LogP contribution in [0.15, 0.2) is 65.5 Å². The Morgan fingerprint density at radius 2 is 1.58 bits per heavy atom. The van der Waals surface area contributed by atoms with Gasteiger partial charge in [0.1, 0.15) is 17.4 Å². The van der Waals surface area contributed by atoms with Crippen molar-refractivity contribution < 1.29 is 14.3 Å². The van der Waals surface area contributed by atoms with Crippen LogP contribution < -0.4 is 11.3 Å². The molecule has 5 nitrogen and oxygen atoms in total. The highest BCUT2D eigenvalue weighted by molar-refractivity contribution is 6.11. The zero-order valence-corrected chi connectivity index (χ0v) is 12.4. The Hall–Kier alpha value is -3.41. The smallest absolute Gasteiger partial charge is 0.256 e. The Balaban J connectivity index is 2.12. The minimum atomic E-state index is -0.450. The Bertz CT molecular complexity index is 961. The molecular formula is C18H13FN2O3. The first kappa shape index (κ1) is 15.5. The second-order valence-electron chi connectivity index (χ2n) is 5.16. The van der Waals surface area contributed by atoms with Crippen LogP contribution >= 0.6 is 0 Å². The van der Waals surface area contributed by atoms with Gasteiger partial charge in [0.05, 0.1) is 11.3 Å². The molecule has 0 atom stereocenters. The largest absolute Gasteiger partial charge is 0.508 e. The van der Waals surface area contributed by atoms with Crippen LogP contribution in [0.2, 0.25) is 0 Å². The lowest BCUT2D eigenvalue weighted by atomic mass is 10.0. The Morgan fingerprint density at radius 1 is 0.958 bits per heavy atom. The number of carbonyl (C=O) groups excluding carboxylic acids is 1. The number of nitrogen functional groups attached to an aromatic ring is 1. The summed E-state index contributed by atoms with van der Waals surface area (Å²) in [6.07, 6.45) is 0. The molecule has 0 saturated carbocycles. The van der Waals surface area contributed by atoms with E-state index in [1.807, 2.05) is 0 Å². The predicted octanol–water partition coefficient (Wildman–Crippen LogP) is 2.50. The highest BCUT2D eigenvalue weighted by atomic mass is 19.1. The number of carbonyl (C=O) groups is 1. The number of ketones is 1. The van der Waals surface area contributed by atoms with Gasteiger partial charge in [-0.15, -0.1) is 0 Å². The number of hydrogen-bond donors (Lipinski definition) is 2. The van der Waals surface area contributed by atoms with Crippen molar-refractivity contribution in [3.63, 3.8) is 0 Å². The monoisotopic (exact) mass is 324 g/mol. The standard InChI is InChI=1S/C18H13FN2O3/c19-12-3-1-11(2-4-12)17(24)15-9-10-16(23)21(18(15)20)13-5-7-14(22)8-6-13/h1-10,22H,20H2. The first-order chi connectivity index (χ1) is 11.5. The van der Waals surface area contributed by atoms with Crippen molar-refractivity contribution >= 4 is 11.6 Å². The maximum Gasteiger partial charge on any atom is 0.256 e. The number of nitrogens with two attached hydrogens (primary N) is 1. The molecular weight excluding hydrogens is 311 g/mol. The van der Waals surface area contributed by atoms with Gasteiger partial charge in [-0.05, 0) is 54.6 Å². The van der Waals surface area contributed by atoms with Gasteiger partial charge in [0.25, 0.3) is 5.56 Å². The number of pyridine rings is 1. The average Bonchev–Trinajstić information content (AvgIpc) is 2.57. The summed E-state index contributed by atoms with van der Waals surface area (Å²) in [5.41, 5.74) is 6.44. The maximum atomic E-state index is 13.0.